The normalized spacial score (nSPS) is 20.0. The molecule has 4 rings (SSSR count). The molecule has 1 saturated heterocycles. The predicted octanol–water partition coefficient (Wildman–Crippen LogP) is 4.10. The Morgan fingerprint density at radius 1 is 1.14 bits per heavy atom. The third-order valence-corrected chi connectivity index (χ3v) is 5.89. The van der Waals surface area contributed by atoms with E-state index in [0.29, 0.717) is 0 Å². The first-order chi connectivity index (χ1) is 13.7. The van der Waals surface area contributed by atoms with Crippen LogP contribution in [0.5, 0.6) is 5.75 Å². The molecule has 4 nitrogen and oxygen atoms in total. The summed E-state index contributed by atoms with van der Waals surface area (Å²) in [5, 5.41) is 3.16. The molecule has 2 aromatic carbocycles. The number of para-hydroxylation sites is 1. The van der Waals surface area contributed by atoms with Gasteiger partial charge in [-0.3, -0.25) is 9.69 Å². The molecule has 1 atom stereocenters. The number of rotatable bonds is 7. The summed E-state index contributed by atoms with van der Waals surface area (Å²) in [5.74, 6) is 2.01. The van der Waals surface area contributed by atoms with Gasteiger partial charge in [0, 0.05) is 25.2 Å². The Bertz CT molecular complexity index is 816. The molecule has 1 unspecified atom stereocenters. The summed E-state index contributed by atoms with van der Waals surface area (Å²) >= 11 is 0. The molecular formula is C24H30N2O2. The topological polar surface area (TPSA) is 41.6 Å². The Balaban J connectivity index is 1.40. The third-order valence-electron chi connectivity index (χ3n) is 5.89. The van der Waals surface area contributed by atoms with Gasteiger partial charge in [0.25, 0.3) is 0 Å². The molecule has 0 bridgehead atoms. The zero-order chi connectivity index (χ0) is 19.3. The van der Waals surface area contributed by atoms with Gasteiger partial charge in [-0.15, -0.1) is 0 Å². The van der Waals surface area contributed by atoms with Crippen molar-refractivity contribution in [1.82, 2.24) is 10.2 Å². The molecule has 4 heteroatoms. The second kappa shape index (κ2) is 8.78. The van der Waals surface area contributed by atoms with Crippen LogP contribution in [-0.4, -0.2) is 37.6 Å². The lowest BCUT2D eigenvalue weighted by Crippen LogP contribution is -2.43. The van der Waals surface area contributed by atoms with Crippen LogP contribution in [0.4, 0.5) is 0 Å². The van der Waals surface area contributed by atoms with Crippen LogP contribution in [0, 0.1) is 11.8 Å². The van der Waals surface area contributed by atoms with Gasteiger partial charge >= 0.3 is 0 Å². The number of nitrogens with one attached hydrogen (secondary N) is 1. The minimum atomic E-state index is 0.130. The van der Waals surface area contributed by atoms with Crippen LogP contribution < -0.4 is 10.1 Å². The number of likely N-dealkylation sites (tertiary alicyclic amines) is 1. The summed E-state index contributed by atoms with van der Waals surface area (Å²) in [4.78, 5) is 14.9. The lowest BCUT2D eigenvalue weighted by molar-refractivity contribution is -0.126. The van der Waals surface area contributed by atoms with Crippen molar-refractivity contribution < 1.29 is 9.53 Å². The lowest BCUT2D eigenvalue weighted by atomic mass is 9.96. The second-order valence-corrected chi connectivity index (χ2v) is 8.16. The number of ether oxygens (including phenoxy) is 1. The van der Waals surface area contributed by atoms with Gasteiger partial charge in [0.15, 0.2) is 0 Å². The van der Waals surface area contributed by atoms with Crippen molar-refractivity contribution in [2.45, 2.75) is 32.2 Å². The summed E-state index contributed by atoms with van der Waals surface area (Å²) in [6, 6.07) is 16.8. The van der Waals surface area contributed by atoms with Gasteiger partial charge < -0.3 is 10.1 Å². The van der Waals surface area contributed by atoms with Gasteiger partial charge in [-0.1, -0.05) is 36.4 Å². The van der Waals surface area contributed by atoms with Crippen LogP contribution >= 0.6 is 0 Å². The molecule has 0 radical (unpaired) electrons. The molecule has 2 aromatic rings. The van der Waals surface area contributed by atoms with Crippen molar-refractivity contribution in [2.24, 2.45) is 11.8 Å². The monoisotopic (exact) mass is 378 g/mol. The van der Waals surface area contributed by atoms with Gasteiger partial charge in [0.1, 0.15) is 5.75 Å². The number of hydrogen-bond acceptors (Lipinski definition) is 3. The fourth-order valence-corrected chi connectivity index (χ4v) is 4.10. The summed E-state index contributed by atoms with van der Waals surface area (Å²) in [7, 11) is 1.71. The van der Waals surface area contributed by atoms with E-state index < -0.39 is 0 Å². The number of benzene rings is 2. The number of carbonyl (C=O) groups is 1. The van der Waals surface area contributed by atoms with Crippen molar-refractivity contribution >= 4 is 5.91 Å². The first-order valence-electron chi connectivity index (χ1n) is 10.5. The van der Waals surface area contributed by atoms with Crippen molar-refractivity contribution in [1.29, 1.82) is 0 Å². The molecule has 2 aliphatic rings. The molecule has 1 heterocycles. The van der Waals surface area contributed by atoms with Crippen LogP contribution in [0.3, 0.4) is 0 Å². The Kier molecular flexibility index (Phi) is 5.96. The summed E-state index contributed by atoms with van der Waals surface area (Å²) in [6.07, 6.45) is 4.65. The quantitative estimate of drug-likeness (QED) is 0.789. The van der Waals surface area contributed by atoms with Crippen LogP contribution in [0.25, 0.3) is 11.1 Å². The van der Waals surface area contributed by atoms with Crippen LogP contribution in [0.15, 0.2) is 48.5 Å². The number of piperidine rings is 1. The first kappa shape index (κ1) is 19.0. The van der Waals surface area contributed by atoms with Crippen molar-refractivity contribution in [3.8, 4) is 16.9 Å². The van der Waals surface area contributed by atoms with Crippen molar-refractivity contribution in [3.63, 3.8) is 0 Å². The Hall–Kier alpha value is -2.33. The van der Waals surface area contributed by atoms with Gasteiger partial charge in [0.05, 0.1) is 13.0 Å². The number of methoxy groups -OCH3 is 1. The molecule has 1 aliphatic heterocycles. The molecular weight excluding hydrogens is 348 g/mol. The fraction of sp³-hybridized carbons (Fsp3) is 0.458. The molecule has 2 fully saturated rings. The van der Waals surface area contributed by atoms with Gasteiger partial charge in [-0.25, -0.2) is 0 Å². The van der Waals surface area contributed by atoms with E-state index in [-0.39, 0.29) is 11.8 Å². The first-order valence-corrected chi connectivity index (χ1v) is 10.5. The Morgan fingerprint density at radius 3 is 2.82 bits per heavy atom. The summed E-state index contributed by atoms with van der Waals surface area (Å²) < 4.78 is 5.52. The van der Waals surface area contributed by atoms with Gasteiger partial charge in [-0.2, -0.15) is 0 Å². The highest BCUT2D eigenvalue weighted by Gasteiger charge is 2.28. The molecule has 1 N–H and O–H groups in total. The maximum Gasteiger partial charge on any atom is 0.224 e. The molecule has 148 valence electrons. The summed E-state index contributed by atoms with van der Waals surface area (Å²) in [5.41, 5.74) is 3.57. The molecule has 28 heavy (non-hydrogen) atoms. The molecule has 1 amide bonds. The van der Waals surface area contributed by atoms with E-state index in [1.807, 2.05) is 18.2 Å². The molecule has 1 saturated carbocycles. The zero-order valence-electron chi connectivity index (χ0n) is 16.7. The number of hydrogen-bond donors (Lipinski definition) is 1. The highest BCUT2D eigenvalue weighted by atomic mass is 16.5. The average molecular weight is 379 g/mol. The summed E-state index contributed by atoms with van der Waals surface area (Å²) in [6.45, 7) is 3.67. The fourth-order valence-electron chi connectivity index (χ4n) is 4.10. The molecule has 1 aliphatic carbocycles. The third kappa shape index (κ3) is 4.74. The van der Waals surface area contributed by atoms with Crippen molar-refractivity contribution in [2.75, 3.05) is 26.7 Å². The minimum absolute atomic E-state index is 0.130. The number of amides is 1. The van der Waals surface area contributed by atoms with E-state index >= 15 is 0 Å². The van der Waals surface area contributed by atoms with Gasteiger partial charge in [-0.05, 0) is 61.4 Å². The molecule has 0 aromatic heterocycles. The maximum atomic E-state index is 12.5. The number of nitrogens with zero attached hydrogens (tertiary/aromatic N) is 1. The van der Waals surface area contributed by atoms with Crippen LogP contribution in [0.2, 0.25) is 0 Å². The van der Waals surface area contributed by atoms with Gasteiger partial charge in [0.2, 0.25) is 5.91 Å². The Morgan fingerprint density at radius 2 is 2.00 bits per heavy atom. The largest absolute Gasteiger partial charge is 0.496 e. The maximum absolute atomic E-state index is 12.5. The van der Waals surface area contributed by atoms with E-state index in [1.165, 1.54) is 24.0 Å². The number of carbonyl (C=O) groups excluding carboxylic acids is 1. The highest BCUT2D eigenvalue weighted by Crippen LogP contribution is 2.31. The Labute approximate surface area is 167 Å². The van der Waals surface area contributed by atoms with E-state index in [0.717, 1.165) is 56.3 Å². The van der Waals surface area contributed by atoms with E-state index in [2.05, 4.69) is 40.5 Å². The molecule has 0 spiro atoms. The predicted molar refractivity (Wildman–Crippen MR) is 112 cm³/mol. The average Bonchev–Trinajstić information content (AvgIpc) is 3.57. The lowest BCUT2D eigenvalue weighted by Gasteiger charge is -2.32. The van der Waals surface area contributed by atoms with Crippen molar-refractivity contribution in [3.05, 3.63) is 54.1 Å². The van der Waals surface area contributed by atoms with E-state index in [1.54, 1.807) is 7.11 Å². The van der Waals surface area contributed by atoms with E-state index in [9.17, 15) is 4.79 Å². The van der Waals surface area contributed by atoms with E-state index in [4.69, 9.17) is 4.74 Å². The second-order valence-electron chi connectivity index (χ2n) is 8.16. The highest BCUT2D eigenvalue weighted by molar-refractivity contribution is 5.79. The zero-order valence-corrected chi connectivity index (χ0v) is 16.7. The standard InChI is InChI=1S/C24H30N2O2/c1-28-23-10-3-2-9-22(23)20-7-4-6-19(14-20)16-26-13-5-8-21(17-26)24(27)25-15-18-11-12-18/h2-4,6-7,9-10,14,18,21H,5,8,11-13,15-17H2,1H3,(H,25,27). The SMILES string of the molecule is COc1ccccc1-c1cccc(CN2CCCC(C(=O)NCC3CC3)C2)c1. The van der Waals surface area contributed by atoms with Crippen LogP contribution in [0.1, 0.15) is 31.2 Å². The smallest absolute Gasteiger partial charge is 0.224 e. The van der Waals surface area contributed by atoms with Crippen LogP contribution in [-0.2, 0) is 11.3 Å². The minimum Gasteiger partial charge on any atom is -0.496 e.